The lowest BCUT2D eigenvalue weighted by Crippen LogP contribution is -2.42. The van der Waals surface area contributed by atoms with E-state index < -0.39 is 0 Å². The molecule has 0 saturated heterocycles. The molecule has 1 aliphatic rings. The van der Waals surface area contributed by atoms with Gasteiger partial charge in [0.1, 0.15) is 0 Å². The maximum absolute atomic E-state index is 6.16. The molecule has 3 rings (SSSR count). The van der Waals surface area contributed by atoms with E-state index >= 15 is 0 Å². The maximum atomic E-state index is 6.16. The van der Waals surface area contributed by atoms with Gasteiger partial charge in [0.2, 0.25) is 0 Å². The maximum Gasteiger partial charge on any atom is 0.191 e. The van der Waals surface area contributed by atoms with Gasteiger partial charge in [-0.1, -0.05) is 60.7 Å². The average Bonchev–Trinajstić information content (AvgIpc) is 2.58. The highest BCUT2D eigenvalue weighted by Gasteiger charge is 2.20. The largest absolute Gasteiger partial charge is 0.370 e. The summed E-state index contributed by atoms with van der Waals surface area (Å²) < 4.78 is 0. The van der Waals surface area contributed by atoms with Crippen LogP contribution in [-0.4, -0.2) is 23.9 Å². The summed E-state index contributed by atoms with van der Waals surface area (Å²) in [6.45, 7) is 1.97. The molecule has 1 aliphatic heterocycles. The van der Waals surface area contributed by atoms with Gasteiger partial charge in [-0.25, -0.2) is 4.99 Å². The molecule has 0 bridgehead atoms. The Morgan fingerprint density at radius 3 is 2.30 bits per heavy atom. The van der Waals surface area contributed by atoms with Gasteiger partial charge in [0.15, 0.2) is 5.96 Å². The van der Waals surface area contributed by atoms with Crippen LogP contribution in [0.3, 0.4) is 0 Å². The molecule has 0 saturated carbocycles. The first-order valence-electron chi connectivity index (χ1n) is 8.00. The van der Waals surface area contributed by atoms with Crippen molar-refractivity contribution >= 4 is 18.4 Å². The Morgan fingerprint density at radius 1 is 1.00 bits per heavy atom. The molecule has 1 unspecified atom stereocenters. The highest BCUT2D eigenvalue weighted by molar-refractivity contribution is 5.85. The summed E-state index contributed by atoms with van der Waals surface area (Å²) in [4.78, 5) is 6.89. The van der Waals surface area contributed by atoms with Gasteiger partial charge < -0.3 is 10.6 Å². The first-order valence-corrected chi connectivity index (χ1v) is 8.00. The van der Waals surface area contributed by atoms with Crippen LogP contribution in [0, 0.1) is 0 Å². The minimum atomic E-state index is 0. The molecule has 2 aromatic carbocycles. The summed E-state index contributed by atoms with van der Waals surface area (Å²) >= 11 is 0. The van der Waals surface area contributed by atoms with Crippen molar-refractivity contribution in [2.45, 2.75) is 25.3 Å². The smallest absolute Gasteiger partial charge is 0.191 e. The monoisotopic (exact) mass is 329 g/mol. The zero-order chi connectivity index (χ0) is 15.2. The van der Waals surface area contributed by atoms with Crippen molar-refractivity contribution in [3.63, 3.8) is 0 Å². The molecule has 0 amide bonds. The molecule has 0 spiro atoms. The van der Waals surface area contributed by atoms with Gasteiger partial charge in [-0.15, -0.1) is 12.4 Å². The van der Waals surface area contributed by atoms with Crippen molar-refractivity contribution in [3.05, 3.63) is 71.8 Å². The molecule has 2 aromatic rings. The van der Waals surface area contributed by atoms with E-state index in [1.807, 2.05) is 6.07 Å². The van der Waals surface area contributed by atoms with E-state index in [2.05, 4.69) is 64.5 Å². The predicted molar refractivity (Wildman–Crippen MR) is 99.0 cm³/mol. The number of benzene rings is 2. The second kappa shape index (κ2) is 8.59. The zero-order valence-electron chi connectivity index (χ0n) is 13.3. The quantitative estimate of drug-likeness (QED) is 0.906. The number of hydrogen-bond donors (Lipinski definition) is 1. The number of nitrogens with two attached hydrogens (primary N) is 1. The molecular weight excluding hydrogens is 306 g/mol. The lowest BCUT2D eigenvalue weighted by Gasteiger charge is -2.30. The van der Waals surface area contributed by atoms with Crippen LogP contribution < -0.4 is 5.73 Å². The lowest BCUT2D eigenvalue weighted by atomic mass is 10.0. The van der Waals surface area contributed by atoms with Crippen LogP contribution in [0.25, 0.3) is 0 Å². The number of rotatable bonds is 5. The van der Waals surface area contributed by atoms with Gasteiger partial charge in [-0.05, 0) is 30.4 Å². The van der Waals surface area contributed by atoms with Crippen LogP contribution in [0.15, 0.2) is 65.7 Å². The van der Waals surface area contributed by atoms with E-state index in [4.69, 9.17) is 5.73 Å². The summed E-state index contributed by atoms with van der Waals surface area (Å²) in [7, 11) is 0. The van der Waals surface area contributed by atoms with Gasteiger partial charge in [-0.2, -0.15) is 0 Å². The molecule has 0 fully saturated rings. The molecule has 1 atom stereocenters. The summed E-state index contributed by atoms with van der Waals surface area (Å²) in [5.74, 6) is 0.688. The Morgan fingerprint density at radius 2 is 1.65 bits per heavy atom. The van der Waals surface area contributed by atoms with E-state index in [0.29, 0.717) is 5.96 Å². The van der Waals surface area contributed by atoms with E-state index in [-0.39, 0.29) is 18.4 Å². The Hall–Kier alpha value is -2.00. The highest BCUT2D eigenvalue weighted by Crippen LogP contribution is 2.24. The number of hydrogen-bond acceptors (Lipinski definition) is 3. The normalized spacial score (nSPS) is 17.3. The van der Waals surface area contributed by atoms with Gasteiger partial charge in [0.25, 0.3) is 0 Å². The number of aliphatic imine (C=N–C) groups is 1. The fraction of sp³-hybridized carbons (Fsp3) is 0.316. The van der Waals surface area contributed by atoms with Crippen LogP contribution in [-0.2, 0) is 6.42 Å². The van der Waals surface area contributed by atoms with Gasteiger partial charge in [0.05, 0.1) is 6.04 Å². The van der Waals surface area contributed by atoms with Crippen molar-refractivity contribution in [3.8, 4) is 0 Å². The molecule has 0 aromatic heterocycles. The van der Waals surface area contributed by atoms with E-state index in [9.17, 15) is 0 Å². The van der Waals surface area contributed by atoms with E-state index in [1.165, 1.54) is 11.1 Å². The minimum absolute atomic E-state index is 0. The molecule has 0 radical (unpaired) electrons. The fourth-order valence-corrected chi connectivity index (χ4v) is 2.96. The van der Waals surface area contributed by atoms with E-state index in [1.54, 1.807) is 0 Å². The van der Waals surface area contributed by atoms with Crippen LogP contribution in [0.2, 0.25) is 0 Å². The van der Waals surface area contributed by atoms with Crippen molar-refractivity contribution in [2.24, 2.45) is 10.7 Å². The third-order valence-electron chi connectivity index (χ3n) is 4.21. The topological polar surface area (TPSA) is 41.6 Å². The summed E-state index contributed by atoms with van der Waals surface area (Å²) in [6.07, 6.45) is 3.24. The summed E-state index contributed by atoms with van der Waals surface area (Å²) in [5.41, 5.74) is 8.81. The number of aryl methyl sites for hydroxylation is 1. The van der Waals surface area contributed by atoms with Crippen LogP contribution >= 0.6 is 12.4 Å². The molecule has 4 heteroatoms. The van der Waals surface area contributed by atoms with E-state index in [0.717, 1.165) is 32.4 Å². The van der Waals surface area contributed by atoms with Crippen LogP contribution in [0.4, 0.5) is 0 Å². The van der Waals surface area contributed by atoms with Crippen LogP contribution in [0.1, 0.15) is 30.0 Å². The first-order chi connectivity index (χ1) is 10.8. The molecule has 2 N–H and O–H groups in total. The molecule has 3 nitrogen and oxygen atoms in total. The Bertz CT molecular complexity index is 613. The van der Waals surface area contributed by atoms with Crippen LogP contribution in [0.5, 0.6) is 0 Å². The fourth-order valence-electron chi connectivity index (χ4n) is 2.96. The Labute approximate surface area is 144 Å². The third kappa shape index (κ3) is 4.73. The second-order valence-electron chi connectivity index (χ2n) is 5.78. The average molecular weight is 330 g/mol. The predicted octanol–water partition coefficient (Wildman–Crippen LogP) is 3.80. The Balaban J connectivity index is 0.00000192. The molecule has 23 heavy (non-hydrogen) atoms. The van der Waals surface area contributed by atoms with Gasteiger partial charge >= 0.3 is 0 Å². The van der Waals surface area contributed by atoms with Crippen molar-refractivity contribution < 1.29 is 0 Å². The molecular formula is C19H24ClN3. The second-order valence-corrected chi connectivity index (χ2v) is 5.78. The highest BCUT2D eigenvalue weighted by atomic mass is 35.5. The molecule has 0 aliphatic carbocycles. The van der Waals surface area contributed by atoms with Crippen molar-refractivity contribution in [1.82, 2.24) is 4.90 Å². The minimum Gasteiger partial charge on any atom is -0.370 e. The SMILES string of the molecule is Cl.NC1=NC(c2ccccc2)CCN1CCCc1ccccc1. The number of halogens is 1. The number of nitrogens with zero attached hydrogens (tertiary/aromatic N) is 2. The first kappa shape index (κ1) is 17.4. The molecule has 122 valence electrons. The lowest BCUT2D eigenvalue weighted by molar-refractivity contribution is 0.356. The third-order valence-corrected chi connectivity index (χ3v) is 4.21. The van der Waals surface area contributed by atoms with Crippen molar-refractivity contribution in [2.75, 3.05) is 13.1 Å². The van der Waals surface area contributed by atoms with Gasteiger partial charge in [0, 0.05) is 13.1 Å². The standard InChI is InChI=1S/C19H23N3.ClH/c20-19-21-18(17-11-5-2-6-12-17)13-15-22(19)14-7-10-16-8-3-1-4-9-16;/h1-6,8-9,11-12,18H,7,10,13-15H2,(H2,20,21);1H. The summed E-state index contributed by atoms with van der Waals surface area (Å²) in [5, 5.41) is 0. The Kier molecular flexibility index (Phi) is 6.48. The number of guanidine groups is 1. The zero-order valence-corrected chi connectivity index (χ0v) is 14.1. The van der Waals surface area contributed by atoms with Crippen molar-refractivity contribution in [1.29, 1.82) is 0 Å². The molecule has 1 heterocycles. The summed E-state index contributed by atoms with van der Waals surface area (Å²) in [6, 6.07) is 21.2. The van der Waals surface area contributed by atoms with Gasteiger partial charge in [-0.3, -0.25) is 0 Å².